The van der Waals surface area contributed by atoms with Crippen molar-refractivity contribution in [2.75, 3.05) is 17.9 Å². The monoisotopic (exact) mass is 366 g/mol. The average molecular weight is 366 g/mol. The number of hydrogen-bond donors (Lipinski definition) is 2. The number of nitrogens with zero attached hydrogens (tertiary/aromatic N) is 2. The smallest absolute Gasteiger partial charge is 0.344 e. The predicted octanol–water partition coefficient (Wildman–Crippen LogP) is 1.09. The molecule has 136 valence electrons. The summed E-state index contributed by atoms with van der Waals surface area (Å²) in [5.41, 5.74) is 6.58. The highest BCUT2D eigenvalue weighted by molar-refractivity contribution is 7.91. The van der Waals surface area contributed by atoms with E-state index in [1.165, 1.54) is 0 Å². The number of hydrogen-bond acceptors (Lipinski definition) is 5. The quantitative estimate of drug-likeness (QED) is 0.828. The lowest BCUT2D eigenvalue weighted by Gasteiger charge is -2.27. The molecule has 0 radical (unpaired) electrons. The van der Waals surface area contributed by atoms with Gasteiger partial charge in [0.2, 0.25) is 5.91 Å². The molecule has 1 atom stereocenters. The zero-order valence-electron chi connectivity index (χ0n) is 14.2. The van der Waals surface area contributed by atoms with E-state index in [9.17, 15) is 13.2 Å². The summed E-state index contributed by atoms with van der Waals surface area (Å²) in [6.45, 7) is 4.83. The lowest BCUT2D eigenvalue weighted by molar-refractivity contribution is -0.135. The van der Waals surface area contributed by atoms with Crippen LogP contribution in [0.15, 0.2) is 22.6 Å². The molecule has 0 spiro atoms. The predicted molar refractivity (Wildman–Crippen MR) is 94.8 cm³/mol. The summed E-state index contributed by atoms with van der Waals surface area (Å²) in [5, 5.41) is 0. The Kier molecular flexibility index (Phi) is 4.59. The van der Waals surface area contributed by atoms with Gasteiger partial charge in [0.15, 0.2) is 5.84 Å². The van der Waals surface area contributed by atoms with Gasteiger partial charge in [0.25, 0.3) is 0 Å². The van der Waals surface area contributed by atoms with Crippen LogP contribution in [0.4, 0.5) is 5.69 Å². The molecule has 8 nitrogen and oxygen atoms in total. The van der Waals surface area contributed by atoms with Crippen LogP contribution in [0.3, 0.4) is 0 Å². The van der Waals surface area contributed by atoms with Crippen molar-refractivity contribution in [1.82, 2.24) is 4.90 Å². The third kappa shape index (κ3) is 3.55. The summed E-state index contributed by atoms with van der Waals surface area (Å²) in [7, 11) is -3.82. The Labute approximate surface area is 147 Å². The molecule has 1 amide bonds. The van der Waals surface area contributed by atoms with Gasteiger partial charge in [-0.2, -0.15) is 8.42 Å². The van der Waals surface area contributed by atoms with Crippen LogP contribution in [0.2, 0.25) is 0 Å². The van der Waals surface area contributed by atoms with E-state index in [1.807, 2.05) is 18.7 Å². The van der Waals surface area contributed by atoms with Gasteiger partial charge >= 0.3 is 10.2 Å². The maximum Gasteiger partial charge on any atom is 0.344 e. The van der Waals surface area contributed by atoms with Crippen molar-refractivity contribution in [2.45, 2.75) is 32.7 Å². The summed E-state index contributed by atoms with van der Waals surface area (Å²) in [5.74, 6) is 0.410. The number of fused-ring (bicyclic) bond motifs is 1. The standard InChI is InChI=1S/C16H22N4O4S/c1-10(2)16(21)20-8-4-5-11(20)9-24-13-7-3-6-12-14(13)15(17)19-25(22,23)18-12/h3,6-7,10-11,18H,4-5,8-9H2,1-2H3,(H2,17,19). The Balaban J connectivity index is 1.78. The molecule has 0 aromatic heterocycles. The first-order chi connectivity index (χ1) is 11.8. The van der Waals surface area contributed by atoms with E-state index in [1.54, 1.807) is 18.2 Å². The zero-order valence-corrected chi connectivity index (χ0v) is 15.0. The molecule has 25 heavy (non-hydrogen) atoms. The first-order valence-electron chi connectivity index (χ1n) is 8.23. The molecule has 2 aliphatic heterocycles. The zero-order chi connectivity index (χ0) is 18.2. The number of carbonyl (C=O) groups is 1. The highest BCUT2D eigenvalue weighted by Crippen LogP contribution is 2.31. The Morgan fingerprint density at radius 1 is 1.48 bits per heavy atom. The highest BCUT2D eigenvalue weighted by atomic mass is 32.2. The van der Waals surface area contributed by atoms with Crippen LogP contribution in [0.25, 0.3) is 0 Å². The van der Waals surface area contributed by atoms with Gasteiger partial charge in [-0.25, -0.2) is 0 Å². The minimum absolute atomic E-state index is 0.00389. The molecule has 1 aromatic carbocycles. The third-order valence-electron chi connectivity index (χ3n) is 4.33. The summed E-state index contributed by atoms with van der Waals surface area (Å²) in [6, 6.07) is 5.00. The number of carbonyl (C=O) groups excluding carboxylic acids is 1. The lowest BCUT2D eigenvalue weighted by atomic mass is 10.1. The third-order valence-corrected chi connectivity index (χ3v) is 5.24. The molecule has 2 heterocycles. The largest absolute Gasteiger partial charge is 0.491 e. The first kappa shape index (κ1) is 17.5. The van der Waals surface area contributed by atoms with E-state index < -0.39 is 10.2 Å². The van der Waals surface area contributed by atoms with Crippen molar-refractivity contribution in [3.63, 3.8) is 0 Å². The van der Waals surface area contributed by atoms with Crippen molar-refractivity contribution < 1.29 is 17.9 Å². The van der Waals surface area contributed by atoms with E-state index in [2.05, 4.69) is 9.12 Å². The Morgan fingerprint density at radius 2 is 2.24 bits per heavy atom. The average Bonchev–Trinajstić information content (AvgIpc) is 2.98. The van der Waals surface area contributed by atoms with Gasteiger partial charge < -0.3 is 15.4 Å². The van der Waals surface area contributed by atoms with E-state index in [-0.39, 0.29) is 23.7 Å². The molecule has 1 fully saturated rings. The van der Waals surface area contributed by atoms with Crippen LogP contribution in [-0.2, 0) is 15.0 Å². The lowest BCUT2D eigenvalue weighted by Crippen LogP contribution is -2.41. The van der Waals surface area contributed by atoms with Gasteiger partial charge in [0, 0.05) is 12.5 Å². The number of anilines is 1. The summed E-state index contributed by atoms with van der Waals surface area (Å²) >= 11 is 0. The second kappa shape index (κ2) is 6.55. The molecule has 1 saturated heterocycles. The van der Waals surface area contributed by atoms with Gasteiger partial charge in [-0.15, -0.1) is 4.40 Å². The normalized spacial score (nSPS) is 21.5. The minimum Gasteiger partial charge on any atom is -0.491 e. The number of amides is 1. The highest BCUT2D eigenvalue weighted by Gasteiger charge is 2.31. The molecule has 0 saturated carbocycles. The van der Waals surface area contributed by atoms with Crippen molar-refractivity contribution in [3.05, 3.63) is 23.8 Å². The van der Waals surface area contributed by atoms with Crippen LogP contribution in [0, 0.1) is 5.92 Å². The van der Waals surface area contributed by atoms with E-state index >= 15 is 0 Å². The molecule has 0 aliphatic carbocycles. The van der Waals surface area contributed by atoms with E-state index in [0.717, 1.165) is 19.4 Å². The van der Waals surface area contributed by atoms with E-state index in [4.69, 9.17) is 10.5 Å². The Morgan fingerprint density at radius 3 is 2.96 bits per heavy atom. The van der Waals surface area contributed by atoms with Gasteiger partial charge in [-0.3, -0.25) is 9.52 Å². The molecule has 3 N–H and O–H groups in total. The second-order valence-electron chi connectivity index (χ2n) is 6.53. The van der Waals surface area contributed by atoms with Crippen LogP contribution in [0.1, 0.15) is 32.3 Å². The molecule has 9 heteroatoms. The molecule has 3 rings (SSSR count). The fraction of sp³-hybridized carbons (Fsp3) is 0.500. The summed E-state index contributed by atoms with van der Waals surface area (Å²) in [6.07, 6.45) is 1.83. The van der Waals surface area contributed by atoms with Gasteiger partial charge in [0.1, 0.15) is 12.4 Å². The molecule has 1 unspecified atom stereocenters. The first-order valence-corrected chi connectivity index (χ1v) is 9.67. The molecule has 1 aromatic rings. The number of nitrogens with one attached hydrogen (secondary N) is 1. The van der Waals surface area contributed by atoms with Crippen LogP contribution in [-0.4, -0.2) is 44.3 Å². The molecule has 0 bridgehead atoms. The number of likely N-dealkylation sites (tertiary alicyclic amines) is 1. The fourth-order valence-electron chi connectivity index (χ4n) is 3.15. The number of amidine groups is 1. The SMILES string of the molecule is CC(C)C(=O)N1CCCC1COc1cccc2c1C(N)=NS(=O)(=O)N2. The van der Waals surface area contributed by atoms with Crippen LogP contribution >= 0.6 is 0 Å². The number of benzene rings is 1. The van der Waals surface area contributed by atoms with Gasteiger partial charge in [-0.1, -0.05) is 19.9 Å². The van der Waals surface area contributed by atoms with Crippen molar-refractivity contribution in [3.8, 4) is 5.75 Å². The molecule has 2 aliphatic rings. The topological polar surface area (TPSA) is 114 Å². The second-order valence-corrected chi connectivity index (χ2v) is 7.86. The van der Waals surface area contributed by atoms with Gasteiger partial charge in [-0.05, 0) is 25.0 Å². The van der Waals surface area contributed by atoms with Crippen molar-refractivity contribution >= 4 is 27.6 Å². The summed E-state index contributed by atoms with van der Waals surface area (Å²) < 4.78 is 34.9. The Bertz CT molecular complexity index is 819. The molecular formula is C16H22N4O4S. The minimum atomic E-state index is -3.82. The van der Waals surface area contributed by atoms with Crippen molar-refractivity contribution in [2.24, 2.45) is 16.0 Å². The number of nitrogens with two attached hydrogens (primary N) is 1. The Hall–Kier alpha value is -2.29. The number of ether oxygens (including phenoxy) is 1. The maximum absolute atomic E-state index is 12.3. The van der Waals surface area contributed by atoms with Crippen molar-refractivity contribution in [1.29, 1.82) is 0 Å². The number of rotatable bonds is 4. The van der Waals surface area contributed by atoms with E-state index in [0.29, 0.717) is 23.6 Å². The summed E-state index contributed by atoms with van der Waals surface area (Å²) in [4.78, 5) is 14.1. The molecular weight excluding hydrogens is 344 g/mol. The maximum atomic E-state index is 12.3. The van der Waals surface area contributed by atoms with Crippen LogP contribution in [0.5, 0.6) is 5.75 Å². The fourth-order valence-corrected chi connectivity index (χ4v) is 4.00. The van der Waals surface area contributed by atoms with Gasteiger partial charge in [0.05, 0.1) is 17.3 Å². The van der Waals surface area contributed by atoms with Crippen LogP contribution < -0.4 is 15.2 Å².